The summed E-state index contributed by atoms with van der Waals surface area (Å²) < 4.78 is 41.9. The predicted molar refractivity (Wildman–Crippen MR) is 105 cm³/mol. The number of halogens is 4. The molecule has 3 aromatic rings. The van der Waals surface area contributed by atoms with Gasteiger partial charge in [0.25, 0.3) is 5.92 Å². The largest absolute Gasteiger partial charge is 0.367 e. The van der Waals surface area contributed by atoms with Crippen LogP contribution in [0.2, 0.25) is 0 Å². The van der Waals surface area contributed by atoms with E-state index in [9.17, 15) is 13.2 Å². The summed E-state index contributed by atoms with van der Waals surface area (Å²) in [7, 11) is 0. The van der Waals surface area contributed by atoms with E-state index >= 15 is 0 Å². The van der Waals surface area contributed by atoms with Gasteiger partial charge in [-0.2, -0.15) is 8.78 Å². The summed E-state index contributed by atoms with van der Waals surface area (Å²) in [4.78, 5) is 13.3. The van der Waals surface area contributed by atoms with Crippen molar-refractivity contribution in [2.24, 2.45) is 0 Å². The van der Waals surface area contributed by atoms with Crippen LogP contribution >= 0.6 is 12.4 Å². The Labute approximate surface area is 166 Å². The first-order valence-corrected chi connectivity index (χ1v) is 8.92. The monoisotopic (exact) mass is 411 g/mol. The number of aromatic nitrogens is 3. The molecule has 2 N–H and O–H groups in total. The number of fused-ring (bicyclic) bond motifs is 1. The zero-order valence-electron chi connectivity index (χ0n) is 15.0. The Morgan fingerprint density at radius 2 is 1.82 bits per heavy atom. The Balaban J connectivity index is 0.00000225. The standard InChI is InChI=1S/C19H20F3N5.ClH/c20-14-3-1-13(2-4-14)19(21,22)11-27-9-6-15(7-10-27)26-18-16-5-8-23-17(16)24-12-25-18;/h1-5,8,12,15H,6-7,9-11H2,(H2,23,24,25,26);1H. The number of likely N-dealkylation sites (tertiary alicyclic amines) is 1. The first-order chi connectivity index (χ1) is 13.0. The molecule has 5 nitrogen and oxygen atoms in total. The average Bonchev–Trinajstić information content (AvgIpc) is 3.13. The molecule has 1 aliphatic heterocycles. The smallest absolute Gasteiger partial charge is 0.285 e. The molecule has 0 unspecified atom stereocenters. The highest BCUT2D eigenvalue weighted by Gasteiger charge is 2.35. The fourth-order valence-corrected chi connectivity index (χ4v) is 3.48. The second kappa shape index (κ2) is 8.36. The van der Waals surface area contributed by atoms with Gasteiger partial charge in [-0.25, -0.2) is 14.4 Å². The lowest BCUT2D eigenvalue weighted by molar-refractivity contribution is -0.0421. The van der Waals surface area contributed by atoms with Crippen LogP contribution in [0.5, 0.6) is 0 Å². The topological polar surface area (TPSA) is 56.8 Å². The summed E-state index contributed by atoms with van der Waals surface area (Å²) in [5.41, 5.74) is 0.615. The summed E-state index contributed by atoms with van der Waals surface area (Å²) in [6.45, 7) is 0.770. The van der Waals surface area contributed by atoms with E-state index in [0.717, 1.165) is 54.0 Å². The molecule has 1 fully saturated rings. The van der Waals surface area contributed by atoms with Crippen molar-refractivity contribution in [3.05, 3.63) is 54.2 Å². The summed E-state index contributed by atoms with van der Waals surface area (Å²) in [6.07, 6.45) is 4.80. The van der Waals surface area contributed by atoms with Crippen molar-refractivity contribution in [1.29, 1.82) is 0 Å². The van der Waals surface area contributed by atoms with Gasteiger partial charge in [0.15, 0.2) is 0 Å². The van der Waals surface area contributed by atoms with Crippen LogP contribution in [-0.2, 0) is 5.92 Å². The Morgan fingerprint density at radius 1 is 1.11 bits per heavy atom. The van der Waals surface area contributed by atoms with Gasteiger partial charge in [0.1, 0.15) is 23.6 Å². The van der Waals surface area contributed by atoms with E-state index in [-0.39, 0.29) is 30.6 Å². The van der Waals surface area contributed by atoms with Crippen LogP contribution in [0, 0.1) is 5.82 Å². The van der Waals surface area contributed by atoms with Gasteiger partial charge in [-0.05, 0) is 31.0 Å². The molecule has 150 valence electrons. The summed E-state index contributed by atoms with van der Waals surface area (Å²) in [6, 6.07) is 6.54. The number of nitrogens with zero attached hydrogens (tertiary/aromatic N) is 3. The van der Waals surface area contributed by atoms with E-state index < -0.39 is 11.7 Å². The number of rotatable bonds is 5. The van der Waals surface area contributed by atoms with Crippen molar-refractivity contribution in [2.75, 3.05) is 25.0 Å². The van der Waals surface area contributed by atoms with Crippen molar-refractivity contribution in [3.8, 4) is 0 Å². The van der Waals surface area contributed by atoms with E-state index in [4.69, 9.17) is 0 Å². The maximum absolute atomic E-state index is 14.5. The summed E-state index contributed by atoms with van der Waals surface area (Å²) >= 11 is 0. The lowest BCUT2D eigenvalue weighted by atomic mass is 10.0. The minimum Gasteiger partial charge on any atom is -0.367 e. The van der Waals surface area contributed by atoms with E-state index in [1.54, 1.807) is 4.90 Å². The van der Waals surface area contributed by atoms with Crippen LogP contribution in [0.4, 0.5) is 19.0 Å². The second-order valence-corrected chi connectivity index (χ2v) is 6.87. The predicted octanol–water partition coefficient (Wildman–Crippen LogP) is 4.19. The quantitative estimate of drug-likeness (QED) is 0.661. The maximum Gasteiger partial charge on any atom is 0.285 e. The van der Waals surface area contributed by atoms with Crippen LogP contribution in [0.15, 0.2) is 42.9 Å². The van der Waals surface area contributed by atoms with Gasteiger partial charge in [-0.15, -0.1) is 12.4 Å². The number of piperidine rings is 1. The first-order valence-electron chi connectivity index (χ1n) is 8.92. The Kier molecular flexibility index (Phi) is 6.10. The molecule has 3 heterocycles. The number of anilines is 1. The van der Waals surface area contributed by atoms with Crippen molar-refractivity contribution in [1.82, 2.24) is 19.9 Å². The number of H-pyrrole nitrogens is 1. The molecule has 9 heteroatoms. The molecule has 28 heavy (non-hydrogen) atoms. The average molecular weight is 412 g/mol. The van der Waals surface area contributed by atoms with Crippen LogP contribution < -0.4 is 5.32 Å². The van der Waals surface area contributed by atoms with Crippen LogP contribution in [0.25, 0.3) is 11.0 Å². The highest BCUT2D eigenvalue weighted by atomic mass is 35.5. The fourth-order valence-electron chi connectivity index (χ4n) is 3.48. The zero-order chi connectivity index (χ0) is 18.9. The van der Waals surface area contributed by atoms with Gasteiger partial charge in [-0.1, -0.05) is 12.1 Å². The summed E-state index contributed by atoms with van der Waals surface area (Å²) in [5, 5.41) is 4.32. The Hall–Kier alpha value is -2.32. The lowest BCUT2D eigenvalue weighted by Crippen LogP contribution is -2.43. The maximum atomic E-state index is 14.5. The van der Waals surface area contributed by atoms with Crippen LogP contribution in [0.1, 0.15) is 18.4 Å². The fraction of sp³-hybridized carbons (Fsp3) is 0.368. The van der Waals surface area contributed by atoms with Gasteiger partial charge < -0.3 is 10.3 Å². The van der Waals surface area contributed by atoms with Gasteiger partial charge in [0.2, 0.25) is 0 Å². The molecule has 0 spiro atoms. The molecule has 1 aromatic carbocycles. The molecular weight excluding hydrogens is 391 g/mol. The Bertz CT molecular complexity index is 907. The third kappa shape index (κ3) is 4.39. The zero-order valence-corrected chi connectivity index (χ0v) is 15.9. The molecule has 0 saturated carbocycles. The number of benzene rings is 1. The molecule has 1 aliphatic rings. The molecule has 0 atom stereocenters. The number of hydrogen-bond acceptors (Lipinski definition) is 4. The van der Waals surface area contributed by atoms with Crippen LogP contribution in [-0.4, -0.2) is 45.5 Å². The van der Waals surface area contributed by atoms with E-state index in [1.807, 2.05) is 12.3 Å². The highest BCUT2D eigenvalue weighted by molar-refractivity contribution is 5.86. The van der Waals surface area contributed by atoms with Crippen molar-refractivity contribution in [2.45, 2.75) is 24.8 Å². The number of nitrogens with one attached hydrogen (secondary N) is 2. The summed E-state index contributed by atoms with van der Waals surface area (Å²) in [5.74, 6) is -2.75. The first kappa shape index (κ1) is 20.4. The Morgan fingerprint density at radius 3 is 2.54 bits per heavy atom. The molecule has 0 bridgehead atoms. The molecule has 0 radical (unpaired) electrons. The third-order valence-corrected chi connectivity index (χ3v) is 4.97. The lowest BCUT2D eigenvalue weighted by Gasteiger charge is -2.34. The molecule has 2 aromatic heterocycles. The van der Waals surface area contributed by atoms with Gasteiger partial charge in [-0.3, -0.25) is 4.90 Å². The number of hydrogen-bond donors (Lipinski definition) is 2. The molecule has 4 rings (SSSR count). The van der Waals surface area contributed by atoms with Crippen molar-refractivity contribution < 1.29 is 13.2 Å². The SMILES string of the molecule is Cl.Fc1ccc(C(F)(F)CN2CCC(Nc3ncnc4[nH]ccc34)CC2)cc1. The number of aromatic amines is 1. The van der Waals surface area contributed by atoms with Gasteiger partial charge >= 0.3 is 0 Å². The third-order valence-electron chi connectivity index (χ3n) is 4.97. The number of alkyl halides is 2. The molecule has 0 amide bonds. The second-order valence-electron chi connectivity index (χ2n) is 6.87. The molecule has 1 saturated heterocycles. The highest BCUT2D eigenvalue weighted by Crippen LogP contribution is 2.30. The molecule has 0 aliphatic carbocycles. The molecular formula is C19H21ClF3N5. The van der Waals surface area contributed by atoms with Crippen molar-refractivity contribution in [3.63, 3.8) is 0 Å². The van der Waals surface area contributed by atoms with E-state index in [0.29, 0.717) is 13.1 Å². The van der Waals surface area contributed by atoms with E-state index in [1.165, 1.54) is 6.33 Å². The minimum atomic E-state index is -3.00. The van der Waals surface area contributed by atoms with E-state index in [2.05, 4.69) is 20.3 Å². The normalized spacial score (nSPS) is 16.1. The minimum absolute atomic E-state index is 0. The van der Waals surface area contributed by atoms with Crippen molar-refractivity contribution >= 4 is 29.3 Å². The van der Waals surface area contributed by atoms with Crippen LogP contribution in [0.3, 0.4) is 0 Å². The van der Waals surface area contributed by atoms with Gasteiger partial charge in [0, 0.05) is 30.9 Å². The van der Waals surface area contributed by atoms with Gasteiger partial charge in [0.05, 0.1) is 11.9 Å².